The molecule has 0 radical (unpaired) electrons. The van der Waals surface area contributed by atoms with Crippen LogP contribution in [-0.4, -0.2) is 41.5 Å². The first-order chi connectivity index (χ1) is 15.6. The number of rotatable bonds is 10. The van der Waals surface area contributed by atoms with Crippen molar-refractivity contribution in [3.05, 3.63) is 72.8 Å². The molecule has 1 aliphatic rings. The van der Waals surface area contributed by atoms with E-state index in [1.807, 2.05) is 30.0 Å². The summed E-state index contributed by atoms with van der Waals surface area (Å²) in [6.45, 7) is 8.81. The van der Waals surface area contributed by atoms with Gasteiger partial charge in [0, 0.05) is 23.6 Å². The Kier molecular flexibility index (Phi) is 11.0. The second-order valence-electron chi connectivity index (χ2n) is 7.16. The standard InChI is InChI=1S/C20H24O4S.C6H11N/c1-21-15-7-5-6-13(10-15)18-8-9-19(25-18)14-11-16(22-2)20(24-4)17(12-14)23-3;1-3-5-7-6-4-2/h5-7,10-12,18-19H,8-9H2,1-4H3;3-4,7H,1-2,5-6H2. The molecule has 5 nitrogen and oxygen atoms in total. The highest BCUT2D eigenvalue weighted by molar-refractivity contribution is 8.00. The summed E-state index contributed by atoms with van der Waals surface area (Å²) >= 11 is 1.98. The van der Waals surface area contributed by atoms with E-state index in [9.17, 15) is 0 Å². The number of hydrogen-bond donors (Lipinski definition) is 1. The van der Waals surface area contributed by atoms with E-state index in [0.29, 0.717) is 27.7 Å². The van der Waals surface area contributed by atoms with Crippen LogP contribution >= 0.6 is 11.8 Å². The van der Waals surface area contributed by atoms with E-state index < -0.39 is 0 Å². The van der Waals surface area contributed by atoms with Crippen molar-refractivity contribution in [3.8, 4) is 23.0 Å². The van der Waals surface area contributed by atoms with E-state index in [2.05, 4.69) is 48.8 Å². The predicted molar refractivity (Wildman–Crippen MR) is 135 cm³/mol. The number of nitrogens with one attached hydrogen (secondary N) is 1. The Hall–Kier alpha value is -2.57. The van der Waals surface area contributed by atoms with E-state index in [4.69, 9.17) is 18.9 Å². The molecule has 0 aromatic heterocycles. The topological polar surface area (TPSA) is 49.0 Å². The van der Waals surface area contributed by atoms with Gasteiger partial charge in [0.15, 0.2) is 11.5 Å². The molecule has 2 aromatic carbocycles. The first kappa shape index (κ1) is 25.7. The number of benzene rings is 2. The molecule has 0 aliphatic carbocycles. The van der Waals surface area contributed by atoms with Gasteiger partial charge in [-0.2, -0.15) is 0 Å². The zero-order chi connectivity index (χ0) is 23.3. The summed E-state index contributed by atoms with van der Waals surface area (Å²) in [4.78, 5) is 0. The number of methoxy groups -OCH3 is 4. The van der Waals surface area contributed by atoms with Gasteiger partial charge in [0.1, 0.15) is 5.75 Å². The average molecular weight is 458 g/mol. The van der Waals surface area contributed by atoms with Crippen LogP contribution in [0.4, 0.5) is 0 Å². The summed E-state index contributed by atoms with van der Waals surface area (Å²) in [5.74, 6) is 2.97. The number of thioether (sulfide) groups is 1. The Balaban J connectivity index is 0.000000451. The van der Waals surface area contributed by atoms with Crippen molar-refractivity contribution in [1.29, 1.82) is 0 Å². The Bertz CT molecular complexity index is 838. The van der Waals surface area contributed by atoms with Gasteiger partial charge >= 0.3 is 0 Å². The van der Waals surface area contributed by atoms with Crippen LogP contribution in [0.1, 0.15) is 34.5 Å². The molecule has 0 spiro atoms. The van der Waals surface area contributed by atoms with E-state index in [-0.39, 0.29) is 0 Å². The van der Waals surface area contributed by atoms with Crippen molar-refractivity contribution in [2.45, 2.75) is 23.3 Å². The highest BCUT2D eigenvalue weighted by atomic mass is 32.2. The molecule has 3 rings (SSSR count). The van der Waals surface area contributed by atoms with Crippen molar-refractivity contribution in [2.24, 2.45) is 0 Å². The van der Waals surface area contributed by atoms with Crippen LogP contribution in [0.25, 0.3) is 0 Å². The maximum absolute atomic E-state index is 5.49. The molecule has 2 atom stereocenters. The lowest BCUT2D eigenvalue weighted by molar-refractivity contribution is 0.323. The molecular weight excluding hydrogens is 422 g/mol. The van der Waals surface area contributed by atoms with Gasteiger partial charge in [0.2, 0.25) is 5.75 Å². The van der Waals surface area contributed by atoms with Crippen LogP contribution in [0, 0.1) is 0 Å². The molecule has 6 heteroatoms. The summed E-state index contributed by atoms with van der Waals surface area (Å²) in [7, 11) is 6.65. The molecule has 0 saturated carbocycles. The zero-order valence-electron chi connectivity index (χ0n) is 19.6. The molecule has 1 aliphatic heterocycles. The summed E-state index contributed by atoms with van der Waals surface area (Å²) in [5, 5.41) is 3.93. The largest absolute Gasteiger partial charge is 0.497 e. The lowest BCUT2D eigenvalue weighted by Gasteiger charge is -2.17. The van der Waals surface area contributed by atoms with E-state index in [1.165, 1.54) is 11.1 Å². The molecule has 1 heterocycles. The Labute approximate surface area is 196 Å². The van der Waals surface area contributed by atoms with Crippen LogP contribution < -0.4 is 24.3 Å². The van der Waals surface area contributed by atoms with E-state index in [1.54, 1.807) is 28.4 Å². The minimum absolute atomic E-state index is 0.407. The Morgan fingerprint density at radius 3 is 1.94 bits per heavy atom. The maximum atomic E-state index is 5.49. The van der Waals surface area contributed by atoms with Crippen LogP contribution in [0.2, 0.25) is 0 Å². The van der Waals surface area contributed by atoms with E-state index in [0.717, 1.165) is 31.7 Å². The van der Waals surface area contributed by atoms with Gasteiger partial charge in [-0.3, -0.25) is 0 Å². The first-order valence-electron chi connectivity index (χ1n) is 10.6. The zero-order valence-corrected chi connectivity index (χ0v) is 20.4. The third kappa shape index (κ3) is 6.97. The van der Waals surface area contributed by atoms with Gasteiger partial charge < -0.3 is 24.3 Å². The quantitative estimate of drug-likeness (QED) is 0.350. The summed E-state index contributed by atoms with van der Waals surface area (Å²) < 4.78 is 21.8. The highest BCUT2D eigenvalue weighted by Crippen LogP contribution is 2.54. The molecule has 1 saturated heterocycles. The van der Waals surface area contributed by atoms with Crippen molar-refractivity contribution in [3.63, 3.8) is 0 Å². The molecule has 1 fully saturated rings. The van der Waals surface area contributed by atoms with Crippen molar-refractivity contribution in [2.75, 3.05) is 41.5 Å². The molecule has 0 amide bonds. The predicted octanol–water partition coefficient (Wildman–Crippen LogP) is 5.98. The van der Waals surface area contributed by atoms with Gasteiger partial charge in [-0.15, -0.1) is 24.9 Å². The highest BCUT2D eigenvalue weighted by Gasteiger charge is 2.29. The number of hydrogen-bond acceptors (Lipinski definition) is 6. The second kappa shape index (κ2) is 13.8. The molecule has 2 unspecified atom stereocenters. The summed E-state index contributed by atoms with van der Waals surface area (Å²) in [6, 6.07) is 12.5. The van der Waals surface area contributed by atoms with Crippen LogP contribution in [0.15, 0.2) is 61.7 Å². The minimum Gasteiger partial charge on any atom is -0.497 e. The number of ether oxygens (including phenoxy) is 4. The van der Waals surface area contributed by atoms with Gasteiger partial charge in [-0.25, -0.2) is 0 Å². The maximum Gasteiger partial charge on any atom is 0.203 e. The Morgan fingerprint density at radius 2 is 1.44 bits per heavy atom. The van der Waals surface area contributed by atoms with Crippen LogP contribution in [0.5, 0.6) is 23.0 Å². The van der Waals surface area contributed by atoms with Gasteiger partial charge in [0.05, 0.1) is 28.4 Å². The summed E-state index contributed by atoms with van der Waals surface area (Å²) in [6.07, 6.45) is 5.90. The fourth-order valence-electron chi connectivity index (χ4n) is 3.54. The van der Waals surface area contributed by atoms with Crippen molar-refractivity contribution >= 4 is 11.8 Å². The van der Waals surface area contributed by atoms with Crippen LogP contribution in [-0.2, 0) is 0 Å². The monoisotopic (exact) mass is 457 g/mol. The third-order valence-electron chi connectivity index (χ3n) is 5.12. The first-order valence-corrected chi connectivity index (χ1v) is 11.6. The van der Waals surface area contributed by atoms with Crippen molar-refractivity contribution < 1.29 is 18.9 Å². The lowest BCUT2D eigenvalue weighted by atomic mass is 10.0. The fourth-order valence-corrected chi connectivity index (χ4v) is 5.08. The SMILES string of the molecule is C=CCNCC=C.COc1cccc(C2CCC(c3cc(OC)c(OC)c(OC)c3)S2)c1. The van der Waals surface area contributed by atoms with E-state index >= 15 is 0 Å². The smallest absolute Gasteiger partial charge is 0.203 e. The second-order valence-corrected chi connectivity index (χ2v) is 8.57. The van der Waals surface area contributed by atoms with Gasteiger partial charge in [0.25, 0.3) is 0 Å². The average Bonchev–Trinajstić information content (AvgIpc) is 3.34. The normalized spacial score (nSPS) is 17.0. The molecule has 32 heavy (non-hydrogen) atoms. The van der Waals surface area contributed by atoms with Gasteiger partial charge in [-0.05, 0) is 48.2 Å². The molecule has 2 aromatic rings. The summed E-state index contributed by atoms with van der Waals surface area (Å²) in [5.41, 5.74) is 2.53. The Morgan fingerprint density at radius 1 is 0.844 bits per heavy atom. The minimum atomic E-state index is 0.407. The molecule has 174 valence electrons. The third-order valence-corrected chi connectivity index (χ3v) is 6.79. The van der Waals surface area contributed by atoms with Gasteiger partial charge in [-0.1, -0.05) is 24.3 Å². The molecule has 1 N–H and O–H groups in total. The van der Waals surface area contributed by atoms with Crippen LogP contribution in [0.3, 0.4) is 0 Å². The molecular formula is C26H35NO4S. The fraction of sp³-hybridized carbons (Fsp3) is 0.385. The van der Waals surface area contributed by atoms with Crippen molar-refractivity contribution in [1.82, 2.24) is 5.32 Å². The molecule has 0 bridgehead atoms. The lowest BCUT2D eigenvalue weighted by Crippen LogP contribution is -2.11.